The van der Waals surface area contributed by atoms with E-state index >= 15 is 0 Å². The Morgan fingerprint density at radius 1 is 1.29 bits per heavy atom. The molecule has 0 radical (unpaired) electrons. The highest BCUT2D eigenvalue weighted by molar-refractivity contribution is 9.10. The van der Waals surface area contributed by atoms with Gasteiger partial charge in [0, 0.05) is 17.7 Å². The molecular formula is C13H11BrN4O2S. The van der Waals surface area contributed by atoms with Gasteiger partial charge < -0.3 is 5.32 Å². The van der Waals surface area contributed by atoms with Crippen LogP contribution in [0, 0.1) is 11.3 Å². The third kappa shape index (κ3) is 3.32. The summed E-state index contributed by atoms with van der Waals surface area (Å²) in [7, 11) is -2.28. The number of hydrogen-bond donors (Lipinski definition) is 2. The largest absolute Gasteiger partial charge is 0.386 e. The van der Waals surface area contributed by atoms with E-state index in [-0.39, 0.29) is 16.3 Å². The van der Waals surface area contributed by atoms with Crippen LogP contribution in [0.2, 0.25) is 0 Å². The fourth-order valence-corrected chi connectivity index (χ4v) is 3.27. The molecule has 0 bridgehead atoms. The Hall–Kier alpha value is -2.11. The minimum atomic E-state index is -3.89. The second-order valence-corrected chi connectivity index (χ2v) is 6.53. The van der Waals surface area contributed by atoms with Gasteiger partial charge in [-0.15, -0.1) is 0 Å². The Morgan fingerprint density at radius 3 is 2.71 bits per heavy atom. The molecule has 0 saturated heterocycles. The predicted octanol–water partition coefficient (Wildman–Crippen LogP) is 2.56. The van der Waals surface area contributed by atoms with Gasteiger partial charge in [-0.05, 0) is 30.3 Å². The first-order chi connectivity index (χ1) is 9.97. The second kappa shape index (κ2) is 6.11. The highest BCUT2D eigenvalue weighted by atomic mass is 79.9. The van der Waals surface area contributed by atoms with Crippen LogP contribution >= 0.6 is 15.9 Å². The highest BCUT2D eigenvalue weighted by Crippen LogP contribution is 2.25. The van der Waals surface area contributed by atoms with Crippen molar-refractivity contribution in [2.45, 2.75) is 5.03 Å². The van der Waals surface area contributed by atoms with E-state index in [4.69, 9.17) is 5.26 Å². The van der Waals surface area contributed by atoms with Crippen LogP contribution in [0.15, 0.2) is 46.0 Å². The molecule has 0 unspecified atom stereocenters. The standard InChI is InChI=1S/C13H11BrN4O2S/c1-16-12-3-2-6-17-13(12)21(19,20)18-11-5-4-10(14)7-9(11)8-15/h2-7,16,18H,1H3. The molecule has 0 amide bonds. The van der Waals surface area contributed by atoms with E-state index in [1.807, 2.05) is 6.07 Å². The number of halogens is 1. The second-order valence-electron chi connectivity index (χ2n) is 4.01. The maximum atomic E-state index is 12.4. The predicted molar refractivity (Wildman–Crippen MR) is 83.4 cm³/mol. The van der Waals surface area contributed by atoms with E-state index in [0.717, 1.165) is 0 Å². The van der Waals surface area contributed by atoms with Gasteiger partial charge in [0.2, 0.25) is 0 Å². The molecule has 6 nitrogen and oxygen atoms in total. The fourth-order valence-electron chi connectivity index (χ4n) is 1.69. The molecule has 2 rings (SSSR count). The average molecular weight is 367 g/mol. The SMILES string of the molecule is CNc1cccnc1S(=O)(=O)Nc1ccc(Br)cc1C#N. The van der Waals surface area contributed by atoms with Gasteiger partial charge in [-0.2, -0.15) is 13.7 Å². The lowest BCUT2D eigenvalue weighted by Crippen LogP contribution is -2.17. The van der Waals surface area contributed by atoms with Crippen molar-refractivity contribution in [3.05, 3.63) is 46.6 Å². The summed E-state index contributed by atoms with van der Waals surface area (Å²) >= 11 is 3.23. The summed E-state index contributed by atoms with van der Waals surface area (Å²) in [6, 6.07) is 9.88. The van der Waals surface area contributed by atoms with Crippen molar-refractivity contribution in [1.82, 2.24) is 4.98 Å². The molecule has 2 aromatic rings. The van der Waals surface area contributed by atoms with Crippen LogP contribution in [-0.2, 0) is 10.0 Å². The molecular weight excluding hydrogens is 356 g/mol. The number of aromatic nitrogens is 1. The number of sulfonamides is 1. The van der Waals surface area contributed by atoms with Crippen molar-refractivity contribution in [2.75, 3.05) is 17.1 Å². The van der Waals surface area contributed by atoms with Crippen LogP contribution in [0.1, 0.15) is 5.56 Å². The first kappa shape index (κ1) is 15.3. The minimum Gasteiger partial charge on any atom is -0.386 e. The summed E-state index contributed by atoms with van der Waals surface area (Å²) in [4.78, 5) is 3.89. The molecule has 0 atom stereocenters. The average Bonchev–Trinajstić information content (AvgIpc) is 2.48. The molecule has 1 aromatic carbocycles. The van der Waals surface area contributed by atoms with Crippen molar-refractivity contribution < 1.29 is 8.42 Å². The molecule has 1 aromatic heterocycles. The van der Waals surface area contributed by atoms with Crippen LogP contribution in [-0.4, -0.2) is 20.4 Å². The van der Waals surface area contributed by atoms with Crippen LogP contribution in [0.4, 0.5) is 11.4 Å². The first-order valence-corrected chi connectivity index (χ1v) is 8.11. The molecule has 1 heterocycles. The van der Waals surface area contributed by atoms with Crippen molar-refractivity contribution in [3.63, 3.8) is 0 Å². The molecule has 108 valence electrons. The molecule has 0 saturated carbocycles. The number of rotatable bonds is 4. The van der Waals surface area contributed by atoms with Crippen LogP contribution in [0.5, 0.6) is 0 Å². The summed E-state index contributed by atoms with van der Waals surface area (Å²) < 4.78 is 27.9. The van der Waals surface area contributed by atoms with Gasteiger partial charge >= 0.3 is 0 Å². The molecule has 0 fully saturated rings. The minimum absolute atomic E-state index is 0.126. The van der Waals surface area contributed by atoms with Crippen molar-refractivity contribution in [2.24, 2.45) is 0 Å². The highest BCUT2D eigenvalue weighted by Gasteiger charge is 2.21. The van der Waals surface area contributed by atoms with E-state index in [1.54, 1.807) is 25.2 Å². The molecule has 0 aliphatic heterocycles. The Morgan fingerprint density at radius 2 is 2.05 bits per heavy atom. The summed E-state index contributed by atoms with van der Waals surface area (Å²) in [5.41, 5.74) is 0.795. The molecule has 0 aliphatic carbocycles. The van der Waals surface area contributed by atoms with E-state index in [0.29, 0.717) is 10.2 Å². The normalized spacial score (nSPS) is 10.7. The van der Waals surface area contributed by atoms with E-state index in [2.05, 4.69) is 31.0 Å². The number of benzene rings is 1. The molecule has 0 spiro atoms. The topological polar surface area (TPSA) is 94.9 Å². The number of nitrogens with one attached hydrogen (secondary N) is 2. The Bertz CT molecular complexity index is 815. The zero-order chi connectivity index (χ0) is 15.5. The third-order valence-electron chi connectivity index (χ3n) is 2.64. The van der Waals surface area contributed by atoms with E-state index in [9.17, 15) is 8.42 Å². The number of pyridine rings is 1. The van der Waals surface area contributed by atoms with Crippen molar-refractivity contribution >= 4 is 37.3 Å². The van der Waals surface area contributed by atoms with Gasteiger partial charge in [0.25, 0.3) is 10.0 Å². The molecule has 2 N–H and O–H groups in total. The molecule has 21 heavy (non-hydrogen) atoms. The summed E-state index contributed by atoms with van der Waals surface area (Å²) in [5, 5.41) is 11.7. The van der Waals surface area contributed by atoms with Gasteiger partial charge in [0.1, 0.15) is 6.07 Å². The lowest BCUT2D eigenvalue weighted by Gasteiger charge is -2.11. The van der Waals surface area contributed by atoms with Gasteiger partial charge in [-0.1, -0.05) is 15.9 Å². The fraction of sp³-hybridized carbons (Fsp3) is 0.0769. The Balaban J connectivity index is 2.46. The lowest BCUT2D eigenvalue weighted by atomic mass is 10.2. The van der Waals surface area contributed by atoms with Crippen molar-refractivity contribution in [3.8, 4) is 6.07 Å². The van der Waals surface area contributed by atoms with E-state index in [1.165, 1.54) is 18.3 Å². The zero-order valence-corrected chi connectivity index (χ0v) is 13.4. The number of hydrogen-bond acceptors (Lipinski definition) is 5. The number of anilines is 2. The third-order valence-corrected chi connectivity index (χ3v) is 4.46. The first-order valence-electron chi connectivity index (χ1n) is 5.83. The van der Waals surface area contributed by atoms with Crippen LogP contribution in [0.3, 0.4) is 0 Å². The quantitative estimate of drug-likeness (QED) is 0.866. The van der Waals surface area contributed by atoms with Gasteiger partial charge in [-0.3, -0.25) is 4.72 Å². The summed E-state index contributed by atoms with van der Waals surface area (Å²) in [6.07, 6.45) is 1.39. The monoisotopic (exact) mass is 366 g/mol. The van der Waals surface area contributed by atoms with Gasteiger partial charge in [0.15, 0.2) is 5.03 Å². The molecule has 0 aliphatic rings. The maximum Gasteiger partial charge on any atom is 0.281 e. The summed E-state index contributed by atoms with van der Waals surface area (Å²) in [5.74, 6) is 0. The summed E-state index contributed by atoms with van der Waals surface area (Å²) in [6.45, 7) is 0. The number of nitriles is 1. The van der Waals surface area contributed by atoms with Crippen LogP contribution in [0.25, 0.3) is 0 Å². The lowest BCUT2D eigenvalue weighted by molar-refractivity contribution is 0.598. The molecule has 8 heteroatoms. The Labute approximate surface area is 131 Å². The van der Waals surface area contributed by atoms with Gasteiger partial charge in [0.05, 0.1) is 16.9 Å². The Kier molecular flexibility index (Phi) is 4.45. The van der Waals surface area contributed by atoms with Gasteiger partial charge in [-0.25, -0.2) is 4.98 Å². The zero-order valence-electron chi connectivity index (χ0n) is 11.0. The number of nitrogens with zero attached hydrogens (tertiary/aromatic N) is 2. The van der Waals surface area contributed by atoms with Crippen LogP contribution < -0.4 is 10.0 Å². The smallest absolute Gasteiger partial charge is 0.281 e. The van der Waals surface area contributed by atoms with E-state index < -0.39 is 10.0 Å². The maximum absolute atomic E-state index is 12.4. The van der Waals surface area contributed by atoms with Crippen molar-refractivity contribution in [1.29, 1.82) is 5.26 Å².